The van der Waals surface area contributed by atoms with Crippen LogP contribution < -0.4 is 0 Å². The summed E-state index contributed by atoms with van der Waals surface area (Å²) in [6, 6.07) is -0.581. The fourth-order valence-corrected chi connectivity index (χ4v) is 4.02. The molecule has 0 bridgehead atoms. The molecule has 0 spiro atoms. The van der Waals surface area contributed by atoms with Gasteiger partial charge in [0.05, 0.1) is 12.5 Å². The predicted octanol–water partition coefficient (Wildman–Crippen LogP) is 0.0548. The Labute approximate surface area is 135 Å². The lowest BCUT2D eigenvalue weighted by Crippen LogP contribution is -2.68. The van der Waals surface area contributed by atoms with Gasteiger partial charge in [0.2, 0.25) is 11.8 Å². The molecule has 3 aliphatic heterocycles. The van der Waals surface area contributed by atoms with Gasteiger partial charge >= 0.3 is 5.97 Å². The molecule has 3 atom stereocenters. The minimum Gasteiger partial charge on any atom is -0.460 e. The number of rotatable bonds is 2. The van der Waals surface area contributed by atoms with E-state index in [4.69, 9.17) is 4.74 Å². The smallest absolute Gasteiger partial charge is 0.309 e. The van der Waals surface area contributed by atoms with Crippen molar-refractivity contribution in [1.82, 2.24) is 9.80 Å². The van der Waals surface area contributed by atoms with Crippen molar-refractivity contribution in [2.45, 2.75) is 69.7 Å². The first kappa shape index (κ1) is 16.2. The summed E-state index contributed by atoms with van der Waals surface area (Å²) in [4.78, 5) is 41.0. The maximum absolute atomic E-state index is 13.0. The lowest BCUT2D eigenvalue weighted by molar-refractivity contribution is -0.172. The van der Waals surface area contributed by atoms with Crippen molar-refractivity contribution in [1.29, 1.82) is 0 Å². The van der Waals surface area contributed by atoms with Gasteiger partial charge in [-0.3, -0.25) is 14.4 Å². The van der Waals surface area contributed by atoms with Crippen molar-refractivity contribution in [3.63, 3.8) is 0 Å². The van der Waals surface area contributed by atoms with Gasteiger partial charge in [-0.25, -0.2) is 0 Å². The summed E-state index contributed by atoms with van der Waals surface area (Å²) in [5, 5.41) is 9.82. The van der Waals surface area contributed by atoms with Crippen LogP contribution in [0, 0.1) is 0 Å². The normalized spacial score (nSPS) is 33.7. The zero-order chi connectivity index (χ0) is 17.0. The average Bonchev–Trinajstić information content (AvgIpc) is 2.98. The number of nitrogens with zero attached hydrogens (tertiary/aromatic N) is 2. The highest BCUT2D eigenvalue weighted by molar-refractivity contribution is 6.02. The van der Waals surface area contributed by atoms with Gasteiger partial charge in [0.1, 0.15) is 17.2 Å². The average molecular weight is 324 g/mol. The minimum absolute atomic E-state index is 0.117. The molecule has 2 amide bonds. The number of hydrogen-bond acceptors (Lipinski definition) is 5. The zero-order valence-electron chi connectivity index (χ0n) is 13.9. The number of aliphatic hydroxyl groups excluding tert-OH is 1. The standard InChI is InChI=1S/C16H24N2O5/c1-15(2,3)23-12(20)8-16-5-4-6-18(16)13(21)11-7-10(19)9-17(11)14(16)22/h10-11,19H,4-9H2,1-3H3/t10-,11+,16+/m1/s1. The molecule has 7 heteroatoms. The zero-order valence-corrected chi connectivity index (χ0v) is 13.9. The first-order chi connectivity index (χ1) is 10.6. The third-order valence-corrected chi connectivity index (χ3v) is 4.83. The monoisotopic (exact) mass is 324 g/mol. The van der Waals surface area contributed by atoms with E-state index in [0.717, 1.165) is 0 Å². The van der Waals surface area contributed by atoms with Crippen molar-refractivity contribution in [3.8, 4) is 0 Å². The number of piperazine rings is 1. The Morgan fingerprint density at radius 2 is 2.09 bits per heavy atom. The Morgan fingerprint density at radius 3 is 2.74 bits per heavy atom. The molecule has 23 heavy (non-hydrogen) atoms. The first-order valence-electron chi connectivity index (χ1n) is 8.16. The number of fused-ring (bicyclic) bond motifs is 2. The molecule has 7 nitrogen and oxygen atoms in total. The van der Waals surface area contributed by atoms with Crippen LogP contribution in [0.15, 0.2) is 0 Å². The van der Waals surface area contributed by atoms with Crippen molar-refractivity contribution in [2.24, 2.45) is 0 Å². The number of aliphatic hydroxyl groups is 1. The summed E-state index contributed by atoms with van der Waals surface area (Å²) < 4.78 is 5.36. The fourth-order valence-electron chi connectivity index (χ4n) is 4.02. The summed E-state index contributed by atoms with van der Waals surface area (Å²) in [5.74, 6) is -0.840. The molecule has 3 aliphatic rings. The second kappa shape index (κ2) is 5.19. The second-order valence-corrected chi connectivity index (χ2v) is 7.75. The molecule has 0 unspecified atom stereocenters. The van der Waals surface area contributed by atoms with E-state index in [0.29, 0.717) is 19.4 Å². The lowest BCUT2D eigenvalue weighted by atomic mass is 9.86. The quantitative estimate of drug-likeness (QED) is 0.726. The van der Waals surface area contributed by atoms with E-state index in [1.165, 1.54) is 4.90 Å². The third kappa shape index (κ3) is 2.60. The number of ether oxygens (including phenoxy) is 1. The summed E-state index contributed by atoms with van der Waals surface area (Å²) in [6.45, 7) is 5.97. The number of carbonyl (C=O) groups is 3. The number of hydrogen-bond donors (Lipinski definition) is 1. The van der Waals surface area contributed by atoms with E-state index in [1.54, 1.807) is 25.7 Å². The van der Waals surface area contributed by atoms with E-state index in [2.05, 4.69) is 0 Å². The fraction of sp³-hybridized carbons (Fsp3) is 0.812. The number of esters is 1. The van der Waals surface area contributed by atoms with Crippen LogP contribution in [0.2, 0.25) is 0 Å². The molecule has 0 aromatic heterocycles. The molecule has 0 saturated carbocycles. The Morgan fingerprint density at radius 1 is 1.39 bits per heavy atom. The number of carbonyl (C=O) groups excluding carboxylic acids is 3. The van der Waals surface area contributed by atoms with Gasteiger partial charge in [-0.05, 0) is 33.6 Å². The molecule has 3 saturated heterocycles. The van der Waals surface area contributed by atoms with Gasteiger partial charge in [-0.2, -0.15) is 0 Å². The van der Waals surface area contributed by atoms with E-state index in [1.807, 2.05) is 0 Å². The molecule has 3 heterocycles. The summed E-state index contributed by atoms with van der Waals surface area (Å²) in [6.07, 6.45) is 0.656. The van der Waals surface area contributed by atoms with Crippen molar-refractivity contribution in [2.75, 3.05) is 13.1 Å². The van der Waals surface area contributed by atoms with E-state index in [-0.39, 0.29) is 31.2 Å². The van der Waals surface area contributed by atoms with Gasteiger partial charge in [-0.15, -0.1) is 0 Å². The van der Waals surface area contributed by atoms with E-state index in [9.17, 15) is 19.5 Å². The lowest BCUT2D eigenvalue weighted by Gasteiger charge is -2.46. The molecule has 3 rings (SSSR count). The predicted molar refractivity (Wildman–Crippen MR) is 80.3 cm³/mol. The highest BCUT2D eigenvalue weighted by Gasteiger charge is 2.61. The Hall–Kier alpha value is -1.63. The van der Waals surface area contributed by atoms with E-state index < -0.39 is 29.3 Å². The third-order valence-electron chi connectivity index (χ3n) is 4.83. The molecule has 0 aliphatic carbocycles. The van der Waals surface area contributed by atoms with Gasteiger partial charge in [0.25, 0.3) is 0 Å². The van der Waals surface area contributed by atoms with Crippen LogP contribution in [-0.2, 0) is 19.1 Å². The van der Waals surface area contributed by atoms with Gasteiger partial charge < -0.3 is 19.6 Å². The summed E-state index contributed by atoms with van der Waals surface area (Å²) in [5.41, 5.74) is -1.76. The Bertz CT molecular complexity index is 555. The van der Waals surface area contributed by atoms with Gasteiger partial charge in [0, 0.05) is 19.5 Å². The molecule has 3 fully saturated rings. The minimum atomic E-state index is -1.13. The Balaban J connectivity index is 1.88. The van der Waals surface area contributed by atoms with Crippen LogP contribution >= 0.6 is 0 Å². The molecule has 1 N–H and O–H groups in total. The van der Waals surface area contributed by atoms with Crippen molar-refractivity contribution >= 4 is 17.8 Å². The van der Waals surface area contributed by atoms with Crippen LogP contribution in [0.4, 0.5) is 0 Å². The summed E-state index contributed by atoms with van der Waals surface area (Å²) >= 11 is 0. The molecular weight excluding hydrogens is 300 g/mol. The van der Waals surface area contributed by atoms with E-state index >= 15 is 0 Å². The first-order valence-corrected chi connectivity index (χ1v) is 8.16. The molecule has 0 aromatic rings. The SMILES string of the molecule is CC(C)(C)OC(=O)C[C@]12CCCN1C(=O)[C@@H]1C[C@@H](O)CN1C2=O. The molecular formula is C16H24N2O5. The van der Waals surface area contributed by atoms with Gasteiger partial charge in [-0.1, -0.05) is 0 Å². The van der Waals surface area contributed by atoms with Gasteiger partial charge in [0.15, 0.2) is 0 Å². The molecule has 0 radical (unpaired) electrons. The molecule has 128 valence electrons. The van der Waals surface area contributed by atoms with Crippen LogP contribution in [0.1, 0.15) is 46.5 Å². The van der Waals surface area contributed by atoms with Crippen LogP contribution in [0.3, 0.4) is 0 Å². The largest absolute Gasteiger partial charge is 0.460 e. The van der Waals surface area contributed by atoms with Crippen molar-refractivity contribution in [3.05, 3.63) is 0 Å². The maximum atomic E-state index is 13.0. The van der Waals surface area contributed by atoms with Crippen LogP contribution in [-0.4, -0.2) is 69.1 Å². The topological polar surface area (TPSA) is 87.2 Å². The van der Waals surface area contributed by atoms with Crippen LogP contribution in [0.25, 0.3) is 0 Å². The second-order valence-electron chi connectivity index (χ2n) is 7.75. The maximum Gasteiger partial charge on any atom is 0.309 e. The molecule has 0 aromatic carbocycles. The Kier molecular flexibility index (Phi) is 3.66. The number of amides is 2. The summed E-state index contributed by atoms with van der Waals surface area (Å²) in [7, 11) is 0. The van der Waals surface area contributed by atoms with Crippen LogP contribution in [0.5, 0.6) is 0 Å². The highest BCUT2D eigenvalue weighted by atomic mass is 16.6. The highest BCUT2D eigenvalue weighted by Crippen LogP contribution is 2.42. The van der Waals surface area contributed by atoms with Crippen molar-refractivity contribution < 1.29 is 24.2 Å².